The van der Waals surface area contributed by atoms with Crippen molar-refractivity contribution in [1.29, 1.82) is 0 Å². The molecule has 7 heteroatoms. The summed E-state index contributed by atoms with van der Waals surface area (Å²) in [7, 11) is 1.64. The Labute approximate surface area is 164 Å². The molecular weight excluding hydrogens is 354 g/mol. The van der Waals surface area contributed by atoms with Gasteiger partial charge in [0.25, 0.3) is 0 Å². The van der Waals surface area contributed by atoms with Gasteiger partial charge in [0, 0.05) is 30.9 Å². The van der Waals surface area contributed by atoms with Gasteiger partial charge in [-0.2, -0.15) is 0 Å². The van der Waals surface area contributed by atoms with Gasteiger partial charge < -0.3 is 15.0 Å². The Kier molecular flexibility index (Phi) is 5.14. The Morgan fingerprint density at radius 2 is 2.07 bits per heavy atom. The molecule has 0 radical (unpaired) electrons. The van der Waals surface area contributed by atoms with Crippen molar-refractivity contribution in [3.05, 3.63) is 53.7 Å². The lowest BCUT2D eigenvalue weighted by molar-refractivity contribution is -0.125. The number of amides is 1. The lowest BCUT2D eigenvalue weighted by atomic mass is 9.97. The van der Waals surface area contributed by atoms with Crippen LogP contribution in [0.25, 0.3) is 5.65 Å². The molecule has 1 aromatic carbocycles. The van der Waals surface area contributed by atoms with Gasteiger partial charge >= 0.3 is 0 Å². The molecule has 0 bridgehead atoms. The quantitative estimate of drug-likeness (QED) is 0.738. The van der Waals surface area contributed by atoms with Gasteiger partial charge in [0.2, 0.25) is 11.9 Å². The monoisotopic (exact) mass is 379 g/mol. The molecule has 1 atom stereocenters. The van der Waals surface area contributed by atoms with Crippen LogP contribution in [0.15, 0.2) is 42.5 Å². The zero-order valence-corrected chi connectivity index (χ0v) is 16.3. The Morgan fingerprint density at radius 1 is 1.21 bits per heavy atom. The molecule has 0 saturated carbocycles. The zero-order valence-electron chi connectivity index (χ0n) is 16.3. The Bertz CT molecular complexity index is 984. The predicted molar refractivity (Wildman–Crippen MR) is 108 cm³/mol. The highest BCUT2D eigenvalue weighted by Gasteiger charge is 2.28. The molecule has 3 heterocycles. The molecule has 0 aliphatic carbocycles. The molecule has 7 nitrogen and oxygen atoms in total. The third kappa shape index (κ3) is 3.52. The fraction of sp³-hybridized carbons (Fsp3) is 0.381. The van der Waals surface area contributed by atoms with Gasteiger partial charge in [0.05, 0.1) is 13.0 Å². The van der Waals surface area contributed by atoms with Crippen LogP contribution in [0, 0.1) is 12.8 Å². The molecule has 28 heavy (non-hydrogen) atoms. The van der Waals surface area contributed by atoms with Crippen molar-refractivity contribution >= 4 is 17.5 Å². The Hall–Kier alpha value is -3.09. The maximum atomic E-state index is 12.8. The minimum absolute atomic E-state index is 0.0696. The molecule has 3 aromatic rings. The highest BCUT2D eigenvalue weighted by Crippen LogP contribution is 2.24. The first kappa shape index (κ1) is 18.3. The third-order valence-corrected chi connectivity index (χ3v) is 5.33. The lowest BCUT2D eigenvalue weighted by Crippen LogP contribution is -2.43. The average molecular weight is 379 g/mol. The molecule has 1 amide bonds. The Balaban J connectivity index is 1.45. The van der Waals surface area contributed by atoms with Gasteiger partial charge in [-0.25, -0.2) is 0 Å². The van der Waals surface area contributed by atoms with Crippen LogP contribution in [0.4, 0.5) is 5.95 Å². The van der Waals surface area contributed by atoms with E-state index in [-0.39, 0.29) is 11.8 Å². The maximum Gasteiger partial charge on any atom is 0.231 e. The summed E-state index contributed by atoms with van der Waals surface area (Å²) in [6.45, 7) is 4.03. The molecule has 1 unspecified atom stereocenters. The predicted octanol–water partition coefficient (Wildman–Crippen LogP) is 2.58. The number of ether oxygens (including phenoxy) is 1. The molecule has 146 valence electrons. The summed E-state index contributed by atoms with van der Waals surface area (Å²) in [4.78, 5) is 15.0. The third-order valence-electron chi connectivity index (χ3n) is 5.33. The average Bonchev–Trinajstić information content (AvgIpc) is 3.18. The van der Waals surface area contributed by atoms with Gasteiger partial charge in [0.15, 0.2) is 5.65 Å². The number of fused-ring (bicyclic) bond motifs is 1. The van der Waals surface area contributed by atoms with Gasteiger partial charge in [-0.15, -0.1) is 10.2 Å². The summed E-state index contributed by atoms with van der Waals surface area (Å²) in [5, 5.41) is 11.7. The van der Waals surface area contributed by atoms with Crippen molar-refractivity contribution < 1.29 is 9.53 Å². The van der Waals surface area contributed by atoms with Crippen molar-refractivity contribution in [2.75, 3.05) is 25.1 Å². The van der Waals surface area contributed by atoms with E-state index in [4.69, 9.17) is 4.74 Å². The minimum atomic E-state index is -0.0696. The molecule has 2 aromatic heterocycles. The van der Waals surface area contributed by atoms with E-state index in [0.717, 1.165) is 48.0 Å². The van der Waals surface area contributed by atoms with E-state index in [1.54, 1.807) is 7.11 Å². The first-order valence-corrected chi connectivity index (χ1v) is 9.62. The second-order valence-corrected chi connectivity index (χ2v) is 7.18. The topological polar surface area (TPSA) is 71.8 Å². The number of piperidine rings is 1. The molecule has 1 saturated heterocycles. The number of carbonyl (C=O) groups is 1. The van der Waals surface area contributed by atoms with Gasteiger partial charge in [-0.3, -0.25) is 9.20 Å². The van der Waals surface area contributed by atoms with Crippen LogP contribution in [0.3, 0.4) is 0 Å². The number of carbonyl (C=O) groups excluding carboxylic acids is 1. The van der Waals surface area contributed by atoms with Crippen LogP contribution in [-0.4, -0.2) is 40.7 Å². The lowest BCUT2D eigenvalue weighted by Gasteiger charge is -2.32. The summed E-state index contributed by atoms with van der Waals surface area (Å²) in [6, 6.07) is 13.7. The number of aromatic nitrogens is 3. The first-order chi connectivity index (χ1) is 13.7. The number of nitrogens with zero attached hydrogens (tertiary/aromatic N) is 4. The van der Waals surface area contributed by atoms with Crippen LogP contribution in [0.1, 0.15) is 24.1 Å². The molecular formula is C21H25N5O2. The summed E-state index contributed by atoms with van der Waals surface area (Å²) in [5.74, 6) is 1.61. The van der Waals surface area contributed by atoms with Crippen molar-refractivity contribution in [3.8, 4) is 5.75 Å². The minimum Gasteiger partial charge on any atom is -0.496 e. The number of rotatable bonds is 5. The molecule has 4 rings (SSSR count). The van der Waals surface area contributed by atoms with Crippen molar-refractivity contribution in [1.82, 2.24) is 19.9 Å². The van der Waals surface area contributed by atoms with E-state index in [2.05, 4.69) is 24.8 Å². The van der Waals surface area contributed by atoms with E-state index in [1.807, 2.05) is 49.4 Å². The largest absolute Gasteiger partial charge is 0.496 e. The smallest absolute Gasteiger partial charge is 0.231 e. The van der Waals surface area contributed by atoms with Crippen molar-refractivity contribution in [3.63, 3.8) is 0 Å². The van der Waals surface area contributed by atoms with Crippen LogP contribution >= 0.6 is 0 Å². The highest BCUT2D eigenvalue weighted by molar-refractivity contribution is 5.79. The van der Waals surface area contributed by atoms with Gasteiger partial charge in [-0.05, 0) is 38.0 Å². The summed E-state index contributed by atoms with van der Waals surface area (Å²) >= 11 is 0. The van der Waals surface area contributed by atoms with Crippen LogP contribution < -0.4 is 15.0 Å². The number of para-hydroxylation sites is 1. The summed E-state index contributed by atoms with van der Waals surface area (Å²) in [5.41, 5.74) is 2.89. The fourth-order valence-corrected chi connectivity index (χ4v) is 3.84. The summed E-state index contributed by atoms with van der Waals surface area (Å²) in [6.07, 6.45) is 1.83. The number of methoxy groups -OCH3 is 1. The molecule has 1 N–H and O–H groups in total. The van der Waals surface area contributed by atoms with Crippen molar-refractivity contribution in [2.24, 2.45) is 5.92 Å². The second kappa shape index (κ2) is 7.88. The van der Waals surface area contributed by atoms with E-state index in [1.165, 1.54) is 0 Å². The summed E-state index contributed by atoms with van der Waals surface area (Å²) < 4.78 is 7.41. The van der Waals surface area contributed by atoms with E-state index in [9.17, 15) is 4.79 Å². The van der Waals surface area contributed by atoms with E-state index < -0.39 is 0 Å². The fourth-order valence-electron chi connectivity index (χ4n) is 3.84. The number of anilines is 1. The molecule has 1 fully saturated rings. The molecule has 1 aliphatic rings. The van der Waals surface area contributed by atoms with Gasteiger partial charge in [0.1, 0.15) is 5.75 Å². The normalized spacial score (nSPS) is 16.9. The van der Waals surface area contributed by atoms with Crippen LogP contribution in [-0.2, 0) is 11.3 Å². The highest BCUT2D eigenvalue weighted by atomic mass is 16.5. The van der Waals surface area contributed by atoms with Crippen LogP contribution in [0.2, 0.25) is 0 Å². The Morgan fingerprint density at radius 3 is 2.93 bits per heavy atom. The standard InChI is InChI=1S/C21H25N5O2/c1-15-7-5-11-19-23-24-21(26(15)19)25-12-6-9-17(14-25)20(27)22-13-16-8-3-4-10-18(16)28-2/h3-5,7-8,10-11,17H,6,9,12-14H2,1-2H3,(H,22,27). The van der Waals surface area contributed by atoms with Crippen LogP contribution in [0.5, 0.6) is 5.75 Å². The number of benzene rings is 1. The van der Waals surface area contributed by atoms with E-state index >= 15 is 0 Å². The van der Waals surface area contributed by atoms with Crippen molar-refractivity contribution in [2.45, 2.75) is 26.3 Å². The molecule has 1 aliphatic heterocycles. The molecule has 0 spiro atoms. The number of aryl methyl sites for hydroxylation is 1. The van der Waals surface area contributed by atoms with Gasteiger partial charge in [-0.1, -0.05) is 24.3 Å². The maximum absolute atomic E-state index is 12.8. The number of hydrogen-bond acceptors (Lipinski definition) is 5. The number of nitrogens with one attached hydrogen (secondary N) is 1. The second-order valence-electron chi connectivity index (χ2n) is 7.18. The number of pyridine rings is 1. The number of hydrogen-bond donors (Lipinski definition) is 1. The zero-order chi connectivity index (χ0) is 19.5. The SMILES string of the molecule is COc1ccccc1CNC(=O)C1CCCN(c2nnc3cccc(C)n23)C1. The first-order valence-electron chi connectivity index (χ1n) is 9.62. The van der Waals surface area contributed by atoms with E-state index in [0.29, 0.717) is 13.1 Å².